The molecular weight excluding hydrogens is 260 g/mol. The Kier molecular flexibility index (Phi) is 4.76. The van der Waals surface area contributed by atoms with E-state index in [9.17, 15) is 4.79 Å². The highest BCUT2D eigenvalue weighted by Crippen LogP contribution is 2.17. The minimum Gasteiger partial charge on any atom is -0.336 e. The average molecular weight is 283 g/mol. The van der Waals surface area contributed by atoms with E-state index in [1.54, 1.807) is 0 Å². The Morgan fingerprint density at radius 1 is 1.05 bits per heavy atom. The second-order valence-electron chi connectivity index (χ2n) is 5.85. The van der Waals surface area contributed by atoms with E-state index in [-0.39, 0.29) is 5.91 Å². The first kappa shape index (κ1) is 15.3. The summed E-state index contributed by atoms with van der Waals surface area (Å²) in [7, 11) is 4.22. The molecule has 0 radical (unpaired) electrons. The van der Waals surface area contributed by atoms with E-state index in [2.05, 4.69) is 25.5 Å². The van der Waals surface area contributed by atoms with Crippen LogP contribution >= 0.6 is 0 Å². The Morgan fingerprint density at radius 2 is 1.71 bits per heavy atom. The maximum atomic E-state index is 12.3. The molecule has 0 aliphatic rings. The summed E-state index contributed by atoms with van der Waals surface area (Å²) in [6.07, 6.45) is 0. The number of carbonyl (C=O) groups excluding carboxylic acids is 1. The number of quaternary nitrogens is 1. The van der Waals surface area contributed by atoms with Crippen LogP contribution in [0, 0.1) is 13.8 Å². The number of anilines is 1. The van der Waals surface area contributed by atoms with Crippen LogP contribution in [-0.2, 0) is 6.54 Å². The third-order valence-electron chi connectivity index (χ3n) is 3.40. The lowest BCUT2D eigenvalue weighted by Crippen LogP contribution is -3.04. The van der Waals surface area contributed by atoms with Gasteiger partial charge >= 0.3 is 0 Å². The summed E-state index contributed by atoms with van der Waals surface area (Å²) in [5.74, 6) is -0.0642. The van der Waals surface area contributed by atoms with Crippen molar-refractivity contribution in [3.05, 3.63) is 64.7 Å². The third kappa shape index (κ3) is 4.17. The van der Waals surface area contributed by atoms with Gasteiger partial charge in [-0.05, 0) is 37.6 Å². The van der Waals surface area contributed by atoms with Crippen LogP contribution in [0.4, 0.5) is 5.69 Å². The Bertz CT molecular complexity index is 630. The normalized spacial score (nSPS) is 10.7. The molecule has 2 rings (SSSR count). The number of hydrogen-bond donors (Lipinski definition) is 2. The van der Waals surface area contributed by atoms with E-state index in [0.29, 0.717) is 5.56 Å². The molecule has 0 aliphatic carbocycles. The zero-order chi connectivity index (χ0) is 15.4. The van der Waals surface area contributed by atoms with Crippen molar-refractivity contribution in [2.45, 2.75) is 20.4 Å². The topological polar surface area (TPSA) is 33.5 Å². The molecule has 0 spiro atoms. The minimum absolute atomic E-state index is 0.0642. The van der Waals surface area contributed by atoms with Crippen LogP contribution in [0.25, 0.3) is 0 Å². The summed E-state index contributed by atoms with van der Waals surface area (Å²) in [5.41, 5.74) is 5.06. The molecular formula is C18H23N2O+. The highest BCUT2D eigenvalue weighted by molar-refractivity contribution is 6.04. The van der Waals surface area contributed by atoms with Gasteiger partial charge in [0.05, 0.1) is 14.1 Å². The van der Waals surface area contributed by atoms with Gasteiger partial charge in [-0.25, -0.2) is 0 Å². The zero-order valence-electron chi connectivity index (χ0n) is 13.2. The molecule has 2 aromatic carbocycles. The van der Waals surface area contributed by atoms with E-state index in [1.165, 1.54) is 16.0 Å². The predicted octanol–water partition coefficient (Wildman–Crippen LogP) is 2.20. The minimum atomic E-state index is -0.0642. The number of carbonyl (C=O) groups is 1. The van der Waals surface area contributed by atoms with E-state index in [0.717, 1.165) is 17.8 Å². The van der Waals surface area contributed by atoms with Gasteiger partial charge in [0.15, 0.2) is 0 Å². The number of amides is 1. The van der Waals surface area contributed by atoms with Crippen LogP contribution in [0.2, 0.25) is 0 Å². The van der Waals surface area contributed by atoms with Gasteiger partial charge in [-0.1, -0.05) is 29.8 Å². The molecule has 3 nitrogen and oxygen atoms in total. The largest absolute Gasteiger partial charge is 0.336 e. The second kappa shape index (κ2) is 6.55. The summed E-state index contributed by atoms with van der Waals surface area (Å²) in [4.78, 5) is 13.6. The van der Waals surface area contributed by atoms with Crippen molar-refractivity contribution in [3.8, 4) is 0 Å². The van der Waals surface area contributed by atoms with Crippen LogP contribution in [0.1, 0.15) is 27.0 Å². The van der Waals surface area contributed by atoms with Crippen molar-refractivity contribution < 1.29 is 9.69 Å². The van der Waals surface area contributed by atoms with Crippen molar-refractivity contribution in [1.82, 2.24) is 0 Å². The van der Waals surface area contributed by atoms with Gasteiger partial charge in [-0.2, -0.15) is 0 Å². The molecule has 2 N–H and O–H groups in total. The van der Waals surface area contributed by atoms with Crippen molar-refractivity contribution in [2.75, 3.05) is 19.4 Å². The van der Waals surface area contributed by atoms with E-state index >= 15 is 0 Å². The number of rotatable bonds is 4. The number of benzene rings is 2. The molecule has 1 amide bonds. The van der Waals surface area contributed by atoms with Crippen molar-refractivity contribution >= 4 is 11.6 Å². The maximum absolute atomic E-state index is 12.3. The monoisotopic (exact) mass is 283 g/mol. The number of hydrogen-bond acceptors (Lipinski definition) is 1. The summed E-state index contributed by atoms with van der Waals surface area (Å²) in [6.45, 7) is 5.01. The fraction of sp³-hybridized carbons (Fsp3) is 0.278. The molecule has 0 heterocycles. The van der Waals surface area contributed by atoms with Gasteiger partial charge in [0.25, 0.3) is 5.91 Å². The number of aryl methyl sites for hydroxylation is 2. The molecule has 110 valence electrons. The lowest BCUT2D eigenvalue weighted by molar-refractivity contribution is -0.872. The maximum Gasteiger partial charge on any atom is 0.255 e. The summed E-state index contributed by atoms with van der Waals surface area (Å²) in [6, 6.07) is 13.8. The van der Waals surface area contributed by atoms with Gasteiger partial charge < -0.3 is 10.2 Å². The molecule has 2 aromatic rings. The van der Waals surface area contributed by atoms with Crippen LogP contribution in [0.15, 0.2) is 42.5 Å². The summed E-state index contributed by atoms with van der Waals surface area (Å²) in [5, 5.41) is 2.97. The molecule has 0 unspecified atom stereocenters. The Hall–Kier alpha value is -2.13. The third-order valence-corrected chi connectivity index (χ3v) is 3.40. The van der Waals surface area contributed by atoms with Crippen LogP contribution < -0.4 is 10.2 Å². The van der Waals surface area contributed by atoms with Crippen LogP contribution in [-0.4, -0.2) is 20.0 Å². The van der Waals surface area contributed by atoms with Crippen molar-refractivity contribution in [2.24, 2.45) is 0 Å². The van der Waals surface area contributed by atoms with Crippen LogP contribution in [0.3, 0.4) is 0 Å². The molecule has 0 aliphatic heterocycles. The first-order valence-corrected chi connectivity index (χ1v) is 7.22. The smallest absolute Gasteiger partial charge is 0.255 e. The van der Waals surface area contributed by atoms with E-state index < -0.39 is 0 Å². The van der Waals surface area contributed by atoms with E-state index in [1.807, 2.05) is 50.2 Å². The van der Waals surface area contributed by atoms with Gasteiger partial charge in [-0.15, -0.1) is 0 Å². The predicted molar refractivity (Wildman–Crippen MR) is 86.8 cm³/mol. The second-order valence-corrected chi connectivity index (χ2v) is 5.85. The van der Waals surface area contributed by atoms with Gasteiger partial charge in [0, 0.05) is 16.8 Å². The molecule has 0 saturated heterocycles. The summed E-state index contributed by atoms with van der Waals surface area (Å²) < 4.78 is 0. The van der Waals surface area contributed by atoms with Gasteiger partial charge in [-0.3, -0.25) is 4.79 Å². The lowest BCUT2D eigenvalue weighted by Gasteiger charge is -2.10. The SMILES string of the molecule is Cc1ccc(NC(=O)c2ccc(C[NH+](C)C)cc2)c(C)c1. The van der Waals surface area contributed by atoms with Gasteiger partial charge in [0.1, 0.15) is 6.54 Å². The molecule has 21 heavy (non-hydrogen) atoms. The van der Waals surface area contributed by atoms with Crippen molar-refractivity contribution in [3.63, 3.8) is 0 Å². The average Bonchev–Trinajstić information content (AvgIpc) is 2.42. The molecule has 0 fully saturated rings. The fourth-order valence-corrected chi connectivity index (χ4v) is 2.33. The Labute approximate surface area is 126 Å². The molecule has 0 atom stereocenters. The fourth-order valence-electron chi connectivity index (χ4n) is 2.33. The molecule has 0 saturated carbocycles. The lowest BCUT2D eigenvalue weighted by atomic mass is 10.1. The highest BCUT2D eigenvalue weighted by atomic mass is 16.1. The van der Waals surface area contributed by atoms with Gasteiger partial charge in [0.2, 0.25) is 0 Å². The van der Waals surface area contributed by atoms with Crippen molar-refractivity contribution in [1.29, 1.82) is 0 Å². The molecule has 0 aromatic heterocycles. The molecule has 3 heteroatoms. The molecule has 0 bridgehead atoms. The Morgan fingerprint density at radius 3 is 2.29 bits per heavy atom. The standard InChI is InChI=1S/C18H22N2O/c1-13-5-10-17(14(2)11-13)19-18(21)16-8-6-15(7-9-16)12-20(3)4/h5-11H,12H2,1-4H3,(H,19,21)/p+1. The Balaban J connectivity index is 2.09. The quantitative estimate of drug-likeness (QED) is 0.886. The summed E-state index contributed by atoms with van der Waals surface area (Å²) >= 11 is 0. The zero-order valence-corrected chi connectivity index (χ0v) is 13.2. The first-order valence-electron chi connectivity index (χ1n) is 7.22. The first-order chi connectivity index (χ1) is 9.95. The van der Waals surface area contributed by atoms with Crippen LogP contribution in [0.5, 0.6) is 0 Å². The van der Waals surface area contributed by atoms with E-state index in [4.69, 9.17) is 0 Å². The highest BCUT2D eigenvalue weighted by Gasteiger charge is 2.08. The number of nitrogens with one attached hydrogen (secondary N) is 2.